The van der Waals surface area contributed by atoms with Crippen molar-refractivity contribution in [2.24, 2.45) is 0 Å². The molecule has 0 aliphatic carbocycles. The highest BCUT2D eigenvalue weighted by Gasteiger charge is 2.18. The van der Waals surface area contributed by atoms with Crippen molar-refractivity contribution in [2.75, 3.05) is 31.2 Å². The number of hydrogen-bond donors (Lipinski definition) is 1. The molecule has 2 aromatic rings. The van der Waals surface area contributed by atoms with Crippen LogP contribution in [0.3, 0.4) is 0 Å². The summed E-state index contributed by atoms with van der Waals surface area (Å²) in [4.78, 5) is 10.5. The van der Waals surface area contributed by atoms with E-state index in [2.05, 4.69) is 9.97 Å². The number of aromatic nitrogens is 2. The van der Waals surface area contributed by atoms with Crippen LogP contribution >= 0.6 is 12.4 Å². The lowest BCUT2D eigenvalue weighted by Gasteiger charge is -2.28. The first-order valence-corrected chi connectivity index (χ1v) is 5.61. The van der Waals surface area contributed by atoms with E-state index in [9.17, 15) is 5.11 Å². The van der Waals surface area contributed by atoms with E-state index in [0.29, 0.717) is 24.5 Å². The average molecular weight is 268 g/mol. The standard InChI is InChI=1S/C12H13N3O2.ClH/c16-11-10-9(2-1-3-13-10)8-14-12(11)15-4-6-17-7-5-15;/h1-3,8,16H,4-7H2;1H. The molecule has 5 nitrogen and oxygen atoms in total. The van der Waals surface area contributed by atoms with Crippen molar-refractivity contribution >= 4 is 29.1 Å². The maximum absolute atomic E-state index is 10.2. The molecule has 0 spiro atoms. The van der Waals surface area contributed by atoms with Gasteiger partial charge in [0.15, 0.2) is 11.6 Å². The predicted molar refractivity (Wildman–Crippen MR) is 71.5 cm³/mol. The van der Waals surface area contributed by atoms with Crippen molar-refractivity contribution in [2.45, 2.75) is 0 Å². The number of morpholine rings is 1. The zero-order chi connectivity index (χ0) is 11.7. The smallest absolute Gasteiger partial charge is 0.185 e. The number of hydrogen-bond acceptors (Lipinski definition) is 5. The summed E-state index contributed by atoms with van der Waals surface area (Å²) in [5.41, 5.74) is 0.601. The van der Waals surface area contributed by atoms with Gasteiger partial charge in [-0.1, -0.05) is 0 Å². The third-order valence-corrected chi connectivity index (χ3v) is 2.91. The van der Waals surface area contributed by atoms with Crippen molar-refractivity contribution in [3.63, 3.8) is 0 Å². The topological polar surface area (TPSA) is 58.5 Å². The quantitative estimate of drug-likeness (QED) is 0.850. The molecule has 1 aliphatic heterocycles. The molecule has 0 atom stereocenters. The summed E-state index contributed by atoms with van der Waals surface area (Å²) in [5.74, 6) is 0.754. The summed E-state index contributed by atoms with van der Waals surface area (Å²) in [6.07, 6.45) is 3.41. The van der Waals surface area contributed by atoms with Crippen LogP contribution in [0.15, 0.2) is 24.5 Å². The summed E-state index contributed by atoms with van der Waals surface area (Å²) in [5, 5.41) is 11.0. The highest BCUT2D eigenvalue weighted by Crippen LogP contribution is 2.31. The van der Waals surface area contributed by atoms with Crippen LogP contribution < -0.4 is 4.90 Å². The van der Waals surface area contributed by atoms with Gasteiger partial charge in [-0.25, -0.2) is 4.98 Å². The Hall–Kier alpha value is -1.59. The fraction of sp³-hybridized carbons (Fsp3) is 0.333. The molecule has 0 unspecified atom stereocenters. The van der Waals surface area contributed by atoms with E-state index in [1.54, 1.807) is 12.4 Å². The first-order valence-electron chi connectivity index (χ1n) is 5.61. The van der Waals surface area contributed by atoms with E-state index in [4.69, 9.17) is 4.74 Å². The zero-order valence-electron chi connectivity index (χ0n) is 9.74. The van der Waals surface area contributed by atoms with Crippen molar-refractivity contribution in [3.05, 3.63) is 24.5 Å². The van der Waals surface area contributed by atoms with Crippen molar-refractivity contribution < 1.29 is 9.84 Å². The highest BCUT2D eigenvalue weighted by atomic mass is 35.5. The minimum absolute atomic E-state index is 0. The Labute approximate surface area is 111 Å². The molecule has 0 saturated carbocycles. The van der Waals surface area contributed by atoms with E-state index in [0.717, 1.165) is 18.5 Å². The maximum Gasteiger partial charge on any atom is 0.185 e. The van der Waals surface area contributed by atoms with E-state index >= 15 is 0 Å². The van der Waals surface area contributed by atoms with Crippen LogP contribution in [0, 0.1) is 0 Å². The molecule has 3 heterocycles. The first kappa shape index (κ1) is 12.9. The number of rotatable bonds is 1. The summed E-state index contributed by atoms with van der Waals surface area (Å²) < 4.78 is 5.28. The molecule has 0 radical (unpaired) electrons. The molecule has 3 rings (SSSR count). The number of ether oxygens (including phenoxy) is 1. The molecule has 1 fully saturated rings. The molecular weight excluding hydrogens is 254 g/mol. The van der Waals surface area contributed by atoms with Crippen molar-refractivity contribution in [3.8, 4) is 5.75 Å². The Morgan fingerprint density at radius 1 is 1.22 bits per heavy atom. The number of nitrogens with zero attached hydrogens (tertiary/aromatic N) is 3. The van der Waals surface area contributed by atoms with Crippen LogP contribution in [-0.2, 0) is 4.74 Å². The fourth-order valence-electron chi connectivity index (χ4n) is 2.02. The van der Waals surface area contributed by atoms with Crippen LogP contribution in [-0.4, -0.2) is 41.4 Å². The average Bonchev–Trinajstić information content (AvgIpc) is 2.40. The van der Waals surface area contributed by atoms with Crippen LogP contribution in [0.4, 0.5) is 5.82 Å². The normalized spacial score (nSPS) is 15.4. The molecule has 6 heteroatoms. The van der Waals surface area contributed by atoms with Gasteiger partial charge in [-0.3, -0.25) is 4.98 Å². The summed E-state index contributed by atoms with van der Waals surface area (Å²) in [6, 6.07) is 3.72. The molecular formula is C12H14ClN3O2. The first-order chi connectivity index (χ1) is 8.36. The van der Waals surface area contributed by atoms with Crippen LogP contribution in [0.25, 0.3) is 10.9 Å². The van der Waals surface area contributed by atoms with Gasteiger partial charge in [0.05, 0.1) is 13.2 Å². The van der Waals surface area contributed by atoms with Gasteiger partial charge in [-0.05, 0) is 12.1 Å². The second-order valence-corrected chi connectivity index (χ2v) is 3.97. The Balaban J connectivity index is 0.00000120. The van der Waals surface area contributed by atoms with Crippen LogP contribution in [0.5, 0.6) is 5.75 Å². The molecule has 96 valence electrons. The molecule has 1 saturated heterocycles. The minimum Gasteiger partial charge on any atom is -0.503 e. The van der Waals surface area contributed by atoms with E-state index in [1.165, 1.54) is 0 Å². The lowest BCUT2D eigenvalue weighted by molar-refractivity contribution is 0.122. The Kier molecular flexibility index (Phi) is 3.84. The van der Waals surface area contributed by atoms with Gasteiger partial charge < -0.3 is 14.7 Å². The Morgan fingerprint density at radius 2 is 2.00 bits per heavy atom. The van der Waals surface area contributed by atoms with Crippen molar-refractivity contribution in [1.29, 1.82) is 0 Å². The molecule has 2 aromatic heterocycles. The van der Waals surface area contributed by atoms with E-state index in [1.807, 2.05) is 17.0 Å². The molecule has 1 N–H and O–H groups in total. The second-order valence-electron chi connectivity index (χ2n) is 3.97. The predicted octanol–water partition coefficient (Wildman–Crippen LogP) is 1.59. The van der Waals surface area contributed by atoms with Crippen LogP contribution in [0.1, 0.15) is 0 Å². The number of anilines is 1. The monoisotopic (exact) mass is 267 g/mol. The molecule has 0 bridgehead atoms. The fourth-order valence-corrected chi connectivity index (χ4v) is 2.02. The van der Waals surface area contributed by atoms with Crippen molar-refractivity contribution in [1.82, 2.24) is 9.97 Å². The summed E-state index contributed by atoms with van der Waals surface area (Å²) >= 11 is 0. The molecule has 0 aromatic carbocycles. The largest absolute Gasteiger partial charge is 0.503 e. The third kappa shape index (κ3) is 2.19. The number of halogens is 1. The van der Waals surface area contributed by atoms with Gasteiger partial charge in [0.25, 0.3) is 0 Å². The minimum atomic E-state index is 0. The number of pyridine rings is 2. The lowest BCUT2D eigenvalue weighted by atomic mass is 10.2. The van der Waals surface area contributed by atoms with Gasteiger partial charge in [0.1, 0.15) is 5.52 Å². The number of fused-ring (bicyclic) bond motifs is 1. The molecule has 0 amide bonds. The van der Waals surface area contributed by atoms with E-state index < -0.39 is 0 Å². The SMILES string of the molecule is Cl.Oc1c(N2CCOCC2)ncc2cccnc12. The Bertz CT molecular complexity index is 544. The Morgan fingerprint density at radius 3 is 2.78 bits per heavy atom. The second kappa shape index (κ2) is 5.37. The van der Waals surface area contributed by atoms with Gasteiger partial charge in [-0.2, -0.15) is 0 Å². The van der Waals surface area contributed by atoms with Gasteiger partial charge in [0, 0.05) is 30.9 Å². The third-order valence-electron chi connectivity index (χ3n) is 2.91. The van der Waals surface area contributed by atoms with Gasteiger partial charge >= 0.3 is 0 Å². The van der Waals surface area contributed by atoms with Crippen LogP contribution in [0.2, 0.25) is 0 Å². The lowest BCUT2D eigenvalue weighted by Crippen LogP contribution is -2.36. The highest BCUT2D eigenvalue weighted by molar-refractivity contribution is 5.87. The summed E-state index contributed by atoms with van der Waals surface area (Å²) in [6.45, 7) is 2.83. The molecule has 1 aliphatic rings. The van der Waals surface area contributed by atoms with Gasteiger partial charge in [-0.15, -0.1) is 12.4 Å². The molecule has 18 heavy (non-hydrogen) atoms. The number of aromatic hydroxyl groups is 1. The van der Waals surface area contributed by atoms with E-state index in [-0.39, 0.29) is 18.2 Å². The zero-order valence-corrected chi connectivity index (χ0v) is 10.6. The maximum atomic E-state index is 10.2. The van der Waals surface area contributed by atoms with Gasteiger partial charge in [0.2, 0.25) is 0 Å². The summed E-state index contributed by atoms with van der Waals surface area (Å²) in [7, 11) is 0.